The number of hydrogen-bond donors (Lipinski definition) is 0. The largest absolute Gasteiger partial charge is 0.343 e. The molecule has 5 rings (SSSR count). The fourth-order valence-electron chi connectivity index (χ4n) is 5.06. The van der Waals surface area contributed by atoms with Crippen molar-refractivity contribution < 1.29 is 4.79 Å². The van der Waals surface area contributed by atoms with Gasteiger partial charge in [0.1, 0.15) is 0 Å². The summed E-state index contributed by atoms with van der Waals surface area (Å²) in [6.07, 6.45) is 5.82. The maximum atomic E-state index is 14.0. The highest BCUT2D eigenvalue weighted by molar-refractivity contribution is 7.07. The van der Waals surface area contributed by atoms with E-state index in [9.17, 15) is 9.59 Å². The number of nitrogens with zero attached hydrogens (tertiary/aromatic N) is 4. The second kappa shape index (κ2) is 10.6. The number of hydrogen-bond acceptors (Lipinski definition) is 4. The van der Waals surface area contributed by atoms with Gasteiger partial charge in [-0.2, -0.15) is 0 Å². The normalized spacial score (nSPS) is 15.5. The fourth-order valence-corrected chi connectivity index (χ4v) is 6.22. The van der Waals surface area contributed by atoms with E-state index < -0.39 is 6.04 Å². The van der Waals surface area contributed by atoms with E-state index in [1.165, 1.54) is 11.3 Å². The number of likely N-dealkylation sites (N-methyl/N-ethyl adjacent to an activating group) is 1. The third kappa shape index (κ3) is 4.46. The van der Waals surface area contributed by atoms with Crippen molar-refractivity contribution in [3.05, 3.63) is 114 Å². The van der Waals surface area contributed by atoms with Gasteiger partial charge < -0.3 is 9.47 Å². The number of allylic oxidation sites excluding steroid dienone is 2. The second-order valence-electron chi connectivity index (χ2n) is 9.15. The zero-order valence-electron chi connectivity index (χ0n) is 21.6. The van der Waals surface area contributed by atoms with E-state index in [2.05, 4.69) is 23.3 Å². The van der Waals surface area contributed by atoms with Crippen LogP contribution in [-0.2, 0) is 11.3 Å². The minimum absolute atomic E-state index is 0.113. The Bertz CT molecular complexity index is 1750. The highest BCUT2D eigenvalue weighted by atomic mass is 35.5. The Hall–Kier alpha value is -3.68. The number of rotatable bonds is 7. The molecule has 1 aliphatic heterocycles. The number of benzene rings is 2. The Kier molecular flexibility index (Phi) is 7.23. The first-order valence-corrected chi connectivity index (χ1v) is 13.8. The van der Waals surface area contributed by atoms with Crippen molar-refractivity contribution >= 4 is 45.8 Å². The lowest BCUT2D eigenvalue weighted by Gasteiger charge is -2.29. The molecule has 0 fully saturated rings. The van der Waals surface area contributed by atoms with Crippen molar-refractivity contribution in [3.63, 3.8) is 0 Å². The van der Waals surface area contributed by atoms with Crippen molar-refractivity contribution in [1.29, 1.82) is 0 Å². The van der Waals surface area contributed by atoms with Crippen LogP contribution in [0.3, 0.4) is 0 Å². The quantitative estimate of drug-likeness (QED) is 0.311. The van der Waals surface area contributed by atoms with Crippen LogP contribution in [0.1, 0.15) is 37.9 Å². The molecule has 1 aliphatic rings. The van der Waals surface area contributed by atoms with Gasteiger partial charge in [0.05, 0.1) is 21.8 Å². The first kappa shape index (κ1) is 25.9. The Morgan fingerprint density at radius 3 is 2.55 bits per heavy atom. The molecule has 0 unspecified atom stereocenters. The highest BCUT2D eigenvalue weighted by Crippen LogP contribution is 2.32. The SMILES string of the molecule is C=CCn1cc(/C=c2/sc3n(c2=O)[C@@H](c2ccc(Cl)cc2)C(C(=O)N(CC)CC)=C(C)N=3)c2ccccc21. The summed E-state index contributed by atoms with van der Waals surface area (Å²) in [5, 5.41) is 1.65. The van der Waals surface area contributed by atoms with Crippen LogP contribution in [0.15, 0.2) is 88.4 Å². The van der Waals surface area contributed by atoms with Gasteiger partial charge in [0.15, 0.2) is 4.80 Å². The van der Waals surface area contributed by atoms with Crippen LogP contribution in [0, 0.1) is 0 Å². The molecule has 2 aromatic heterocycles. The zero-order valence-corrected chi connectivity index (χ0v) is 23.2. The molecule has 0 radical (unpaired) electrons. The summed E-state index contributed by atoms with van der Waals surface area (Å²) < 4.78 is 4.34. The Morgan fingerprint density at radius 2 is 1.87 bits per heavy atom. The molecule has 0 spiro atoms. The topological polar surface area (TPSA) is 59.6 Å². The van der Waals surface area contributed by atoms with Crippen molar-refractivity contribution in [2.24, 2.45) is 4.99 Å². The van der Waals surface area contributed by atoms with Gasteiger partial charge >= 0.3 is 0 Å². The molecule has 0 aliphatic carbocycles. The third-order valence-corrected chi connectivity index (χ3v) is 8.16. The standard InChI is InChI=1S/C30H29ClN4O2S/c1-5-16-34-18-21(23-10-8-9-11-24(23)34)17-25-28(36)35-27(20-12-14-22(31)15-13-20)26(19(4)32-30(35)38-25)29(37)33(6-2)7-3/h5,8-15,17-18,27H,1,6-7,16H2,2-4H3/b25-17+/t27-/m0/s1. The molecule has 1 amide bonds. The number of amides is 1. The monoisotopic (exact) mass is 544 g/mol. The maximum Gasteiger partial charge on any atom is 0.271 e. The lowest BCUT2D eigenvalue weighted by molar-refractivity contribution is -0.127. The van der Waals surface area contributed by atoms with Gasteiger partial charge in [-0.3, -0.25) is 14.2 Å². The molecule has 0 saturated heterocycles. The summed E-state index contributed by atoms with van der Waals surface area (Å²) in [5.74, 6) is -0.113. The van der Waals surface area contributed by atoms with Gasteiger partial charge in [0, 0.05) is 47.3 Å². The van der Waals surface area contributed by atoms with E-state index >= 15 is 0 Å². The molecule has 0 saturated carbocycles. The number of thiazole rings is 1. The van der Waals surface area contributed by atoms with Gasteiger partial charge in [-0.05, 0) is 50.6 Å². The predicted octanol–water partition coefficient (Wildman–Crippen LogP) is 4.90. The van der Waals surface area contributed by atoms with Crippen molar-refractivity contribution in [1.82, 2.24) is 14.0 Å². The average molecular weight is 545 g/mol. The molecule has 0 N–H and O–H groups in total. The molecular formula is C30H29ClN4O2S. The van der Waals surface area contributed by atoms with Crippen molar-refractivity contribution in [2.75, 3.05) is 13.1 Å². The zero-order chi connectivity index (χ0) is 27.0. The summed E-state index contributed by atoms with van der Waals surface area (Å²) in [4.78, 5) is 34.8. The van der Waals surface area contributed by atoms with Crippen LogP contribution in [0.4, 0.5) is 0 Å². The van der Waals surface area contributed by atoms with Crippen LogP contribution >= 0.6 is 22.9 Å². The van der Waals surface area contributed by atoms with E-state index in [-0.39, 0.29) is 11.5 Å². The third-order valence-electron chi connectivity index (χ3n) is 6.92. The number of aromatic nitrogens is 2. The molecule has 4 aromatic rings. The van der Waals surface area contributed by atoms with Crippen LogP contribution < -0.4 is 14.9 Å². The summed E-state index contributed by atoms with van der Waals surface area (Å²) in [6.45, 7) is 11.4. The average Bonchev–Trinajstić information content (AvgIpc) is 3.41. The summed E-state index contributed by atoms with van der Waals surface area (Å²) in [7, 11) is 0. The van der Waals surface area contributed by atoms with E-state index in [1.54, 1.807) is 21.6 Å². The second-order valence-corrected chi connectivity index (χ2v) is 10.6. The van der Waals surface area contributed by atoms with Gasteiger partial charge in [0.25, 0.3) is 11.5 Å². The van der Waals surface area contributed by atoms with Crippen LogP contribution in [0.5, 0.6) is 0 Å². The smallest absolute Gasteiger partial charge is 0.271 e. The molecule has 2 aromatic carbocycles. The lowest BCUT2D eigenvalue weighted by atomic mass is 9.94. The van der Waals surface area contributed by atoms with Gasteiger partial charge in [-0.15, -0.1) is 6.58 Å². The minimum atomic E-state index is -0.596. The van der Waals surface area contributed by atoms with Gasteiger partial charge in [0.2, 0.25) is 0 Å². The summed E-state index contributed by atoms with van der Waals surface area (Å²) in [5.41, 5.74) is 3.80. The van der Waals surface area contributed by atoms with Gasteiger partial charge in [-0.25, -0.2) is 4.99 Å². The fraction of sp³-hybridized carbons (Fsp3) is 0.233. The molecule has 0 bridgehead atoms. The molecule has 1 atom stereocenters. The Labute approximate surface area is 230 Å². The summed E-state index contributed by atoms with van der Waals surface area (Å²) >= 11 is 7.53. The Morgan fingerprint density at radius 1 is 1.16 bits per heavy atom. The molecule has 38 heavy (non-hydrogen) atoms. The van der Waals surface area contributed by atoms with Gasteiger partial charge in [-0.1, -0.05) is 59.3 Å². The molecule has 6 nitrogen and oxygen atoms in total. The van der Waals surface area contributed by atoms with Crippen molar-refractivity contribution in [3.8, 4) is 0 Å². The molecule has 3 heterocycles. The molecule has 194 valence electrons. The van der Waals surface area contributed by atoms with E-state index in [0.717, 1.165) is 22.0 Å². The lowest BCUT2D eigenvalue weighted by Crippen LogP contribution is -2.43. The number of halogens is 1. The number of para-hydroxylation sites is 1. The number of carbonyl (C=O) groups is 1. The minimum Gasteiger partial charge on any atom is -0.343 e. The molecular weight excluding hydrogens is 516 g/mol. The molecule has 8 heteroatoms. The number of fused-ring (bicyclic) bond motifs is 2. The first-order valence-electron chi connectivity index (χ1n) is 12.6. The van der Waals surface area contributed by atoms with Crippen LogP contribution in [0.2, 0.25) is 5.02 Å². The van der Waals surface area contributed by atoms with E-state index in [4.69, 9.17) is 16.6 Å². The maximum absolute atomic E-state index is 14.0. The highest BCUT2D eigenvalue weighted by Gasteiger charge is 2.34. The number of carbonyl (C=O) groups excluding carboxylic acids is 1. The summed E-state index contributed by atoms with van der Waals surface area (Å²) in [6, 6.07) is 14.8. The predicted molar refractivity (Wildman–Crippen MR) is 155 cm³/mol. The van der Waals surface area contributed by atoms with E-state index in [1.807, 2.05) is 63.4 Å². The van der Waals surface area contributed by atoms with E-state index in [0.29, 0.717) is 45.3 Å². The Balaban J connectivity index is 1.74. The van der Waals surface area contributed by atoms with Crippen molar-refractivity contribution in [2.45, 2.75) is 33.4 Å². The van der Waals surface area contributed by atoms with Crippen LogP contribution in [0.25, 0.3) is 17.0 Å². The van der Waals surface area contributed by atoms with Crippen LogP contribution in [-0.4, -0.2) is 33.0 Å². The first-order chi connectivity index (χ1) is 18.4.